The molecule has 2 atom stereocenters. The minimum absolute atomic E-state index is 0.120. The van der Waals surface area contributed by atoms with Gasteiger partial charge in [-0.05, 0) is 55.9 Å². The van der Waals surface area contributed by atoms with Crippen molar-refractivity contribution in [3.8, 4) is 17.0 Å². The van der Waals surface area contributed by atoms with Crippen molar-refractivity contribution in [1.29, 1.82) is 0 Å². The summed E-state index contributed by atoms with van der Waals surface area (Å²) in [7, 11) is 0. The molecular formula is C21H22F3N3O3. The minimum atomic E-state index is -4.54. The van der Waals surface area contributed by atoms with Crippen LogP contribution in [0.3, 0.4) is 0 Å². The Labute approximate surface area is 171 Å². The van der Waals surface area contributed by atoms with Gasteiger partial charge in [0.25, 0.3) is 0 Å². The monoisotopic (exact) mass is 421 g/mol. The number of nitrogens with one attached hydrogen (secondary N) is 1. The first-order chi connectivity index (χ1) is 14.3. The number of fused-ring (bicyclic) bond motifs is 1. The van der Waals surface area contributed by atoms with E-state index < -0.39 is 23.6 Å². The fraction of sp³-hybridized carbons (Fsp3) is 0.524. The van der Waals surface area contributed by atoms with E-state index in [0.29, 0.717) is 24.5 Å². The van der Waals surface area contributed by atoms with Crippen LogP contribution in [0.5, 0.6) is 5.75 Å². The van der Waals surface area contributed by atoms with Gasteiger partial charge in [0.1, 0.15) is 11.4 Å². The third-order valence-electron chi connectivity index (χ3n) is 6.40. The Bertz CT molecular complexity index is 991. The zero-order chi connectivity index (χ0) is 21.1. The maximum atomic E-state index is 13.0. The zero-order valence-corrected chi connectivity index (χ0v) is 16.2. The van der Waals surface area contributed by atoms with Gasteiger partial charge in [0.2, 0.25) is 0 Å². The molecule has 3 N–H and O–H groups in total. The number of halogens is 3. The lowest BCUT2D eigenvalue weighted by Crippen LogP contribution is -2.31. The first kappa shape index (κ1) is 19.6. The topological polar surface area (TPSA) is 87.5 Å². The number of aliphatic hydroxyl groups excluding tert-OH is 1. The highest BCUT2D eigenvalue weighted by atomic mass is 19.4. The fourth-order valence-electron chi connectivity index (χ4n) is 4.44. The van der Waals surface area contributed by atoms with Crippen molar-refractivity contribution in [2.75, 3.05) is 5.32 Å². The van der Waals surface area contributed by atoms with Crippen molar-refractivity contribution in [2.24, 2.45) is 0 Å². The quantitative estimate of drug-likeness (QED) is 0.699. The predicted octanol–water partition coefficient (Wildman–Crippen LogP) is 3.80. The van der Waals surface area contributed by atoms with Crippen LogP contribution in [0, 0.1) is 0 Å². The Morgan fingerprint density at radius 2 is 1.93 bits per heavy atom. The third-order valence-corrected chi connectivity index (χ3v) is 6.40. The number of nitrogens with zero attached hydrogens (tertiary/aromatic N) is 2. The van der Waals surface area contributed by atoms with E-state index >= 15 is 0 Å². The van der Waals surface area contributed by atoms with Crippen LogP contribution in [0.2, 0.25) is 0 Å². The second-order valence-corrected chi connectivity index (χ2v) is 8.48. The standard InChI is InChI=1S/C21H22F3N3O3/c22-21(23,24)11-4-5-12(17(29)8-11)18-13-9-20(6-7-20)30-10-14(13)19(27-26-18)25-15-2-1-3-16(15)28/h4-5,8,15-16,28-29H,1-3,6-7,9-10H2,(H,25,27)/t15?,16-/m1/s1. The van der Waals surface area contributed by atoms with E-state index in [1.165, 1.54) is 6.07 Å². The number of aliphatic hydroxyl groups is 1. The highest BCUT2D eigenvalue weighted by Crippen LogP contribution is 2.49. The maximum absolute atomic E-state index is 13.0. The van der Waals surface area contributed by atoms with Gasteiger partial charge in [-0.2, -0.15) is 13.2 Å². The summed E-state index contributed by atoms with van der Waals surface area (Å²) in [6.07, 6.45) is -0.132. The summed E-state index contributed by atoms with van der Waals surface area (Å²) < 4.78 is 45.0. The van der Waals surface area contributed by atoms with Gasteiger partial charge in [0, 0.05) is 17.5 Å². The number of ether oxygens (including phenoxy) is 1. The maximum Gasteiger partial charge on any atom is 0.416 e. The number of alkyl halides is 3. The van der Waals surface area contributed by atoms with E-state index in [1.54, 1.807) is 0 Å². The highest BCUT2D eigenvalue weighted by Gasteiger charge is 2.48. The Morgan fingerprint density at radius 3 is 2.57 bits per heavy atom. The highest BCUT2D eigenvalue weighted by molar-refractivity contribution is 5.73. The molecule has 30 heavy (non-hydrogen) atoms. The van der Waals surface area contributed by atoms with Crippen LogP contribution < -0.4 is 5.32 Å². The Kier molecular flexibility index (Phi) is 4.44. The molecule has 2 aromatic rings. The molecule has 1 spiro atoms. The van der Waals surface area contributed by atoms with Gasteiger partial charge in [-0.1, -0.05) is 0 Å². The number of rotatable bonds is 3. The van der Waals surface area contributed by atoms with Crippen molar-refractivity contribution < 1.29 is 28.1 Å². The smallest absolute Gasteiger partial charge is 0.416 e. The number of anilines is 1. The van der Waals surface area contributed by atoms with Gasteiger partial charge in [-0.3, -0.25) is 0 Å². The molecule has 1 unspecified atom stereocenters. The minimum Gasteiger partial charge on any atom is -0.507 e. The van der Waals surface area contributed by atoms with Crippen LogP contribution in [0.4, 0.5) is 19.0 Å². The molecule has 1 aromatic carbocycles. The molecule has 2 saturated carbocycles. The Morgan fingerprint density at radius 1 is 1.13 bits per heavy atom. The molecule has 5 rings (SSSR count). The normalized spacial score (nSPS) is 24.7. The van der Waals surface area contributed by atoms with Crippen LogP contribution >= 0.6 is 0 Å². The molecular weight excluding hydrogens is 399 g/mol. The number of benzene rings is 1. The first-order valence-electron chi connectivity index (χ1n) is 10.1. The summed E-state index contributed by atoms with van der Waals surface area (Å²) in [4.78, 5) is 0. The molecule has 1 aromatic heterocycles. The third kappa shape index (κ3) is 3.39. The number of phenolic OH excluding ortho intramolecular Hbond substituents is 1. The second kappa shape index (κ2) is 6.81. The number of phenols is 1. The summed E-state index contributed by atoms with van der Waals surface area (Å²) in [6, 6.07) is 2.78. The Balaban J connectivity index is 1.56. The largest absolute Gasteiger partial charge is 0.507 e. The van der Waals surface area contributed by atoms with Crippen molar-refractivity contribution in [3.63, 3.8) is 0 Å². The number of hydrogen-bond donors (Lipinski definition) is 3. The van der Waals surface area contributed by atoms with E-state index in [1.807, 2.05) is 0 Å². The average molecular weight is 421 g/mol. The molecule has 0 bridgehead atoms. The lowest BCUT2D eigenvalue weighted by molar-refractivity contribution is -0.137. The van der Waals surface area contributed by atoms with E-state index in [4.69, 9.17) is 4.74 Å². The van der Waals surface area contributed by atoms with Gasteiger partial charge in [0.15, 0.2) is 5.82 Å². The molecule has 6 nitrogen and oxygen atoms in total. The van der Waals surface area contributed by atoms with Crippen molar-refractivity contribution in [1.82, 2.24) is 10.2 Å². The van der Waals surface area contributed by atoms with E-state index in [2.05, 4.69) is 15.5 Å². The molecule has 2 aliphatic carbocycles. The van der Waals surface area contributed by atoms with Crippen LogP contribution in [-0.2, 0) is 23.9 Å². The molecule has 9 heteroatoms. The Hall–Kier alpha value is -2.39. The van der Waals surface area contributed by atoms with Gasteiger partial charge in [-0.25, -0.2) is 0 Å². The van der Waals surface area contributed by atoms with Crippen LogP contribution in [0.25, 0.3) is 11.3 Å². The summed E-state index contributed by atoms with van der Waals surface area (Å²) in [5, 5.41) is 32.3. The molecule has 0 saturated heterocycles. The van der Waals surface area contributed by atoms with E-state index in [-0.39, 0.29) is 17.2 Å². The van der Waals surface area contributed by atoms with Gasteiger partial charge in [0.05, 0.1) is 29.9 Å². The predicted molar refractivity (Wildman–Crippen MR) is 102 cm³/mol. The van der Waals surface area contributed by atoms with Crippen molar-refractivity contribution in [3.05, 3.63) is 34.9 Å². The van der Waals surface area contributed by atoms with E-state index in [9.17, 15) is 23.4 Å². The average Bonchev–Trinajstić information content (AvgIpc) is 3.32. The van der Waals surface area contributed by atoms with Crippen LogP contribution in [0.15, 0.2) is 18.2 Å². The van der Waals surface area contributed by atoms with Crippen molar-refractivity contribution in [2.45, 2.75) is 69.1 Å². The number of aromatic nitrogens is 2. The van der Waals surface area contributed by atoms with E-state index in [0.717, 1.165) is 55.4 Å². The summed E-state index contributed by atoms with van der Waals surface area (Å²) in [5.74, 6) is 0.0474. The molecule has 1 aliphatic heterocycles. The summed E-state index contributed by atoms with van der Waals surface area (Å²) in [5.41, 5.74) is 1.05. The number of hydrogen-bond acceptors (Lipinski definition) is 6. The lowest BCUT2D eigenvalue weighted by atomic mass is 9.93. The molecule has 0 amide bonds. The van der Waals surface area contributed by atoms with Gasteiger partial charge < -0.3 is 20.3 Å². The summed E-state index contributed by atoms with van der Waals surface area (Å²) >= 11 is 0. The first-order valence-corrected chi connectivity index (χ1v) is 10.1. The molecule has 2 heterocycles. The van der Waals surface area contributed by atoms with Gasteiger partial charge >= 0.3 is 6.18 Å². The van der Waals surface area contributed by atoms with Crippen molar-refractivity contribution >= 4 is 5.82 Å². The lowest BCUT2D eigenvalue weighted by Gasteiger charge is -2.29. The molecule has 3 aliphatic rings. The SMILES string of the molecule is Oc1cc(C(F)(F)F)ccc1-c1nnc(NC2CCC[C@H]2O)c2c1CC1(CC1)OC2. The van der Waals surface area contributed by atoms with Gasteiger partial charge in [-0.15, -0.1) is 10.2 Å². The number of aromatic hydroxyl groups is 1. The second-order valence-electron chi connectivity index (χ2n) is 8.48. The fourth-order valence-corrected chi connectivity index (χ4v) is 4.44. The van der Waals surface area contributed by atoms with Crippen LogP contribution in [-0.4, -0.2) is 38.2 Å². The van der Waals surface area contributed by atoms with Crippen LogP contribution in [0.1, 0.15) is 48.8 Å². The summed E-state index contributed by atoms with van der Waals surface area (Å²) in [6.45, 7) is 0.310. The molecule has 160 valence electrons. The molecule has 0 radical (unpaired) electrons. The molecule has 2 fully saturated rings. The zero-order valence-electron chi connectivity index (χ0n) is 16.2.